The van der Waals surface area contributed by atoms with Crippen LogP contribution < -0.4 is 31.1 Å². The first-order valence-electron chi connectivity index (χ1n) is 32.4. The highest BCUT2D eigenvalue weighted by molar-refractivity contribution is 7.00. The summed E-state index contributed by atoms with van der Waals surface area (Å²) in [6, 6.07) is 85.9. The molecule has 0 radical (unpaired) electrons. The Kier molecular flexibility index (Phi) is 12.9. The molecule has 0 N–H and O–H groups in total. The van der Waals surface area contributed by atoms with Gasteiger partial charge >= 0.3 is 0 Å². The first-order valence-corrected chi connectivity index (χ1v) is 32.4. The fourth-order valence-corrected chi connectivity index (χ4v) is 16.4. The molecule has 3 aliphatic heterocycles. The van der Waals surface area contributed by atoms with Crippen LogP contribution in [0.5, 0.6) is 0 Å². The molecule has 2 unspecified atom stereocenters. The van der Waals surface area contributed by atoms with Crippen LogP contribution in [-0.2, 0) is 47.3 Å². The predicted octanol–water partition coefficient (Wildman–Crippen LogP) is 19.6. The Hall–Kier alpha value is -8.34. The molecule has 0 aromatic heterocycles. The van der Waals surface area contributed by atoms with Crippen molar-refractivity contribution < 1.29 is 0 Å². The summed E-state index contributed by atoms with van der Waals surface area (Å²) < 4.78 is 0. The van der Waals surface area contributed by atoms with Gasteiger partial charge in [0.2, 0.25) is 0 Å². The molecule has 0 amide bonds. The van der Waals surface area contributed by atoms with Gasteiger partial charge < -0.3 is 14.7 Å². The van der Waals surface area contributed by atoms with Crippen molar-refractivity contribution in [2.45, 2.75) is 148 Å². The van der Waals surface area contributed by atoms with Crippen molar-refractivity contribution in [3.05, 3.63) is 268 Å². The summed E-state index contributed by atoms with van der Waals surface area (Å²) in [7, 11) is 0. The lowest BCUT2D eigenvalue weighted by Gasteiger charge is -2.53. The zero-order chi connectivity index (χ0) is 59.8. The van der Waals surface area contributed by atoms with Crippen LogP contribution in [0.4, 0.5) is 45.5 Å². The van der Waals surface area contributed by atoms with E-state index in [1.807, 2.05) is 0 Å². The van der Waals surface area contributed by atoms with Crippen molar-refractivity contribution in [3.63, 3.8) is 0 Å². The van der Waals surface area contributed by atoms with E-state index < -0.39 is 0 Å². The average Bonchev–Trinajstić information content (AvgIpc) is 1.67. The monoisotopic (exact) mass is 1130 g/mol. The van der Waals surface area contributed by atoms with Crippen molar-refractivity contribution in [2.75, 3.05) is 14.7 Å². The third-order valence-corrected chi connectivity index (χ3v) is 21.1. The van der Waals surface area contributed by atoms with E-state index in [9.17, 15) is 0 Å². The second kappa shape index (κ2) is 20.4. The molecule has 10 aromatic carbocycles. The van der Waals surface area contributed by atoms with E-state index in [0.717, 1.165) is 38.5 Å². The third-order valence-electron chi connectivity index (χ3n) is 21.1. The second-order valence-electron chi connectivity index (χ2n) is 29.4. The summed E-state index contributed by atoms with van der Waals surface area (Å²) in [5.41, 5.74) is 31.1. The topological polar surface area (TPSA) is 9.72 Å². The fraction of sp³-hybridized carbons (Fsp3) is 0.277. The largest absolute Gasteiger partial charge is 0.334 e. The van der Waals surface area contributed by atoms with Gasteiger partial charge in [0.25, 0.3) is 6.71 Å². The molecule has 2 bridgehead atoms. The highest BCUT2D eigenvalue weighted by Gasteiger charge is 2.61. The number of aryl methyl sites for hydroxylation is 2. The van der Waals surface area contributed by atoms with Crippen LogP contribution in [0.3, 0.4) is 0 Å². The van der Waals surface area contributed by atoms with Gasteiger partial charge in [-0.05, 0) is 199 Å². The fourth-order valence-electron chi connectivity index (χ4n) is 16.4. The summed E-state index contributed by atoms with van der Waals surface area (Å²) in [6.07, 6.45) is 8.43. The molecule has 2 atom stereocenters. The molecule has 2 aliphatic carbocycles. The summed E-state index contributed by atoms with van der Waals surface area (Å²) in [6.45, 7) is 23.9. The maximum atomic E-state index is 2.91. The Balaban J connectivity index is 1.04. The Bertz CT molecular complexity index is 4360. The minimum absolute atomic E-state index is 0.0254. The van der Waals surface area contributed by atoms with Crippen LogP contribution >= 0.6 is 0 Å². The van der Waals surface area contributed by atoms with E-state index in [2.05, 4.69) is 302 Å². The third kappa shape index (κ3) is 8.97. The minimum atomic E-state index is -0.287. The van der Waals surface area contributed by atoms with Gasteiger partial charge in [-0.15, -0.1) is 0 Å². The van der Waals surface area contributed by atoms with Crippen LogP contribution in [-0.4, -0.2) is 12.3 Å². The number of para-hydroxylation sites is 1. The average molecular weight is 1130 g/mol. The second-order valence-corrected chi connectivity index (χ2v) is 29.4. The number of benzene rings is 10. The van der Waals surface area contributed by atoms with Crippen molar-refractivity contribution in [1.82, 2.24) is 0 Å². The molecule has 10 aromatic rings. The number of hydrogen-bond acceptors (Lipinski definition) is 3. The molecular weight excluding hydrogens is 1050 g/mol. The number of hydrogen-bond donors (Lipinski definition) is 0. The van der Waals surface area contributed by atoms with Crippen LogP contribution in [0.25, 0.3) is 22.3 Å². The van der Waals surface area contributed by atoms with E-state index >= 15 is 0 Å². The van der Waals surface area contributed by atoms with Crippen molar-refractivity contribution >= 4 is 68.6 Å². The number of rotatable bonds is 4. The quantitative estimate of drug-likeness (QED) is 0.163. The van der Waals surface area contributed by atoms with Crippen LogP contribution in [0.1, 0.15) is 145 Å². The molecule has 1 fully saturated rings. The number of anilines is 8. The first-order chi connectivity index (χ1) is 41.9. The lowest BCUT2D eigenvalue weighted by Crippen LogP contribution is -2.61. The Labute approximate surface area is 518 Å². The maximum Gasteiger partial charge on any atom is 0.252 e. The van der Waals surface area contributed by atoms with Gasteiger partial charge in [-0.1, -0.05) is 239 Å². The molecule has 432 valence electrons. The zero-order valence-electron chi connectivity index (χ0n) is 52.9. The van der Waals surface area contributed by atoms with Crippen molar-refractivity contribution in [3.8, 4) is 22.3 Å². The molecule has 5 aliphatic rings. The van der Waals surface area contributed by atoms with Gasteiger partial charge in [0.15, 0.2) is 0 Å². The van der Waals surface area contributed by atoms with Crippen LogP contribution in [0.15, 0.2) is 218 Å². The van der Waals surface area contributed by atoms with Gasteiger partial charge in [0.1, 0.15) is 0 Å². The van der Waals surface area contributed by atoms with E-state index in [1.165, 1.54) is 147 Å². The summed E-state index contributed by atoms with van der Waals surface area (Å²) >= 11 is 0. The SMILES string of the molecule is CC(C)(C)c1cccc(N2c3cc(C(C)(C)C)ccc3B3c4ccccc4N(c4ccc(C(C)(C)C)cc4-c4ccccc4)c4cc(N5c6ccc7cc6C6(CCCCC56C)Cc5ccccc5CCc5ccccc5-c5ccccc5C7)cc2c43)c1. The van der Waals surface area contributed by atoms with E-state index in [4.69, 9.17) is 0 Å². The zero-order valence-corrected chi connectivity index (χ0v) is 52.9. The Morgan fingerprint density at radius 1 is 0.391 bits per heavy atom. The molecule has 3 nitrogen and oxygen atoms in total. The van der Waals surface area contributed by atoms with Crippen LogP contribution in [0, 0.1) is 0 Å². The van der Waals surface area contributed by atoms with E-state index in [-0.39, 0.29) is 33.9 Å². The van der Waals surface area contributed by atoms with Crippen LogP contribution in [0.2, 0.25) is 0 Å². The highest BCUT2D eigenvalue weighted by Crippen LogP contribution is 2.64. The van der Waals surface area contributed by atoms with Gasteiger partial charge in [0, 0.05) is 50.8 Å². The molecule has 1 saturated carbocycles. The Morgan fingerprint density at radius 3 is 1.74 bits per heavy atom. The van der Waals surface area contributed by atoms with E-state index in [0.29, 0.717) is 0 Å². The maximum absolute atomic E-state index is 2.91. The molecule has 15 rings (SSSR count). The lowest BCUT2D eigenvalue weighted by molar-refractivity contribution is 0.174. The predicted molar refractivity (Wildman–Crippen MR) is 371 cm³/mol. The van der Waals surface area contributed by atoms with Gasteiger partial charge in [-0.3, -0.25) is 0 Å². The highest BCUT2D eigenvalue weighted by atomic mass is 15.3. The summed E-state index contributed by atoms with van der Waals surface area (Å²) in [4.78, 5) is 8.28. The van der Waals surface area contributed by atoms with Gasteiger partial charge in [0.05, 0.1) is 11.2 Å². The molecular formula is C83H82BN3. The molecule has 87 heavy (non-hydrogen) atoms. The summed E-state index contributed by atoms with van der Waals surface area (Å²) in [5.74, 6) is 0. The van der Waals surface area contributed by atoms with Gasteiger partial charge in [-0.25, -0.2) is 0 Å². The molecule has 4 heteroatoms. The number of fused-ring (bicyclic) bond motifs is 9. The van der Waals surface area contributed by atoms with E-state index in [1.54, 1.807) is 0 Å². The molecule has 0 saturated heterocycles. The van der Waals surface area contributed by atoms with Gasteiger partial charge in [-0.2, -0.15) is 0 Å². The number of nitrogens with zero attached hydrogens (tertiary/aromatic N) is 3. The standard InChI is InChI=1S/C83H82BN3/c1-79(2,3)61-31-24-32-64(49-61)85-75-51-63(81(7,8)9)40-42-71(75)84-70-35-20-21-36-74(70)86(72-44-41-62(80(4,5)6)50-68(72)57-26-12-11-13-27-57)77-53-65(52-76(85)78(77)84)87-73-43-37-55-47-59-29-17-19-34-67(59)66-33-18-16-28-58(66)39-38-56-25-14-15-30-60(56)54-83(69(73)48-55)46-23-22-45-82(83,87)10/h11-21,24-37,40-44,48-53H,22-23,38-39,45-47,54H2,1-10H3. The van der Waals surface area contributed by atoms with Crippen molar-refractivity contribution in [2.24, 2.45) is 0 Å². The Morgan fingerprint density at radius 2 is 0.977 bits per heavy atom. The first kappa shape index (κ1) is 55.3. The lowest BCUT2D eigenvalue weighted by atomic mass is 9.33. The van der Waals surface area contributed by atoms with Crippen molar-refractivity contribution in [1.29, 1.82) is 0 Å². The normalized spacial score (nSPS) is 18.6. The smallest absolute Gasteiger partial charge is 0.252 e. The molecule has 3 heterocycles. The minimum Gasteiger partial charge on any atom is -0.334 e. The summed E-state index contributed by atoms with van der Waals surface area (Å²) in [5, 5.41) is 0. The molecule has 1 spiro atoms.